The number of nitrogens with two attached hydrogens (primary N) is 1. The molecule has 7 heteroatoms. The minimum absolute atomic E-state index is 0.0788. The van der Waals surface area contributed by atoms with Crippen LogP contribution in [-0.4, -0.2) is 65.0 Å². The molecule has 4 rings (SSSR count). The van der Waals surface area contributed by atoms with E-state index in [4.69, 9.17) is 10.8 Å². The van der Waals surface area contributed by atoms with Gasteiger partial charge in [-0.25, -0.2) is 0 Å². The van der Waals surface area contributed by atoms with Gasteiger partial charge in [-0.3, -0.25) is 19.5 Å². The van der Waals surface area contributed by atoms with Gasteiger partial charge in [-0.2, -0.15) is 0 Å². The number of pyridine rings is 1. The zero-order valence-corrected chi connectivity index (χ0v) is 20.6. The third kappa shape index (κ3) is 6.05. The van der Waals surface area contributed by atoms with Crippen molar-refractivity contribution in [2.75, 3.05) is 33.3 Å². The molecule has 0 saturated carbocycles. The van der Waals surface area contributed by atoms with Crippen molar-refractivity contribution in [1.29, 1.82) is 0 Å². The highest BCUT2D eigenvalue weighted by atomic mass is 16.3. The molecule has 1 aliphatic rings. The van der Waals surface area contributed by atoms with Crippen LogP contribution in [0.2, 0.25) is 0 Å². The quantitative estimate of drug-likeness (QED) is 0.511. The van der Waals surface area contributed by atoms with Crippen molar-refractivity contribution in [3.63, 3.8) is 0 Å². The SMILES string of the molecule is CN(CCO)C(=O)c1ccc(C(=C2CCN(Cc3cccnc3)CC2)c2cccc(C(N)=O)c2)cc1. The fourth-order valence-electron chi connectivity index (χ4n) is 4.64. The third-order valence-corrected chi connectivity index (χ3v) is 6.58. The Labute approximate surface area is 211 Å². The number of aliphatic hydroxyl groups excluding tert-OH is 1. The minimum atomic E-state index is -0.458. The van der Waals surface area contributed by atoms with E-state index in [0.717, 1.165) is 49.2 Å². The van der Waals surface area contributed by atoms with Crippen LogP contribution in [-0.2, 0) is 6.54 Å². The summed E-state index contributed by atoms with van der Waals surface area (Å²) in [6, 6.07) is 19.1. The number of aromatic nitrogens is 1. The third-order valence-electron chi connectivity index (χ3n) is 6.58. The number of benzene rings is 2. The molecule has 1 aliphatic heterocycles. The topological polar surface area (TPSA) is 99.8 Å². The van der Waals surface area contributed by atoms with Crippen molar-refractivity contribution >= 4 is 17.4 Å². The summed E-state index contributed by atoms with van der Waals surface area (Å²) in [5, 5.41) is 9.14. The van der Waals surface area contributed by atoms with E-state index in [1.165, 1.54) is 16.0 Å². The van der Waals surface area contributed by atoms with Crippen LogP contribution in [0.5, 0.6) is 0 Å². The molecule has 2 heterocycles. The Balaban J connectivity index is 1.64. The minimum Gasteiger partial charge on any atom is -0.395 e. The molecular formula is C29H32N4O3. The van der Waals surface area contributed by atoms with Crippen molar-refractivity contribution in [2.24, 2.45) is 5.73 Å². The largest absolute Gasteiger partial charge is 0.395 e. The van der Waals surface area contributed by atoms with Crippen LogP contribution >= 0.6 is 0 Å². The summed E-state index contributed by atoms with van der Waals surface area (Å²) in [5.74, 6) is -0.593. The molecule has 0 atom stereocenters. The molecule has 3 aromatic rings. The van der Waals surface area contributed by atoms with Crippen LogP contribution in [0.15, 0.2) is 78.6 Å². The molecule has 0 unspecified atom stereocenters. The van der Waals surface area contributed by atoms with Crippen molar-refractivity contribution in [3.8, 4) is 0 Å². The summed E-state index contributed by atoms with van der Waals surface area (Å²) in [7, 11) is 1.68. The van der Waals surface area contributed by atoms with Gasteiger partial charge in [0, 0.05) is 56.7 Å². The number of rotatable bonds is 8. The first-order chi connectivity index (χ1) is 17.5. The molecule has 1 saturated heterocycles. The lowest BCUT2D eigenvalue weighted by Crippen LogP contribution is -2.30. The van der Waals surface area contributed by atoms with E-state index >= 15 is 0 Å². The number of primary amides is 1. The number of likely N-dealkylation sites (tertiary alicyclic amines) is 1. The van der Waals surface area contributed by atoms with Gasteiger partial charge in [0.1, 0.15) is 0 Å². The van der Waals surface area contributed by atoms with E-state index in [1.807, 2.05) is 54.7 Å². The van der Waals surface area contributed by atoms with Gasteiger partial charge in [-0.05, 0) is 65.4 Å². The Morgan fingerprint density at radius 2 is 1.67 bits per heavy atom. The highest BCUT2D eigenvalue weighted by molar-refractivity contribution is 5.96. The van der Waals surface area contributed by atoms with E-state index in [2.05, 4.69) is 16.0 Å². The number of nitrogens with zero attached hydrogens (tertiary/aromatic N) is 3. The zero-order valence-electron chi connectivity index (χ0n) is 20.6. The van der Waals surface area contributed by atoms with E-state index in [9.17, 15) is 9.59 Å². The monoisotopic (exact) mass is 484 g/mol. The summed E-state index contributed by atoms with van der Waals surface area (Å²) in [6.07, 6.45) is 5.50. The fourth-order valence-corrected chi connectivity index (χ4v) is 4.64. The maximum absolute atomic E-state index is 12.6. The highest BCUT2D eigenvalue weighted by Gasteiger charge is 2.20. The lowest BCUT2D eigenvalue weighted by atomic mass is 9.87. The summed E-state index contributed by atoms with van der Waals surface area (Å²) in [6.45, 7) is 2.92. The average molecular weight is 485 g/mol. The van der Waals surface area contributed by atoms with Crippen molar-refractivity contribution < 1.29 is 14.7 Å². The summed E-state index contributed by atoms with van der Waals surface area (Å²) >= 11 is 0. The number of carbonyl (C=O) groups excluding carboxylic acids is 2. The molecule has 3 N–H and O–H groups in total. The van der Waals surface area contributed by atoms with E-state index in [1.54, 1.807) is 19.3 Å². The van der Waals surface area contributed by atoms with Crippen LogP contribution in [0.1, 0.15) is 50.2 Å². The Bertz CT molecular complexity index is 1230. The Kier molecular flexibility index (Phi) is 8.25. The Morgan fingerprint density at radius 1 is 0.972 bits per heavy atom. The van der Waals surface area contributed by atoms with Crippen molar-refractivity contribution in [1.82, 2.24) is 14.8 Å². The van der Waals surface area contributed by atoms with Gasteiger partial charge in [-0.1, -0.05) is 35.9 Å². The first-order valence-corrected chi connectivity index (χ1v) is 12.2. The van der Waals surface area contributed by atoms with E-state index in [0.29, 0.717) is 11.1 Å². The number of aliphatic hydroxyl groups is 1. The number of likely N-dealkylation sites (N-methyl/N-ethyl adjacent to an activating group) is 1. The van der Waals surface area contributed by atoms with Gasteiger partial charge >= 0.3 is 0 Å². The predicted molar refractivity (Wildman–Crippen MR) is 140 cm³/mol. The predicted octanol–water partition coefficient (Wildman–Crippen LogP) is 3.34. The first-order valence-electron chi connectivity index (χ1n) is 12.2. The van der Waals surface area contributed by atoms with Crippen molar-refractivity contribution in [2.45, 2.75) is 19.4 Å². The molecule has 2 aromatic carbocycles. The van der Waals surface area contributed by atoms with Crippen LogP contribution < -0.4 is 5.73 Å². The highest BCUT2D eigenvalue weighted by Crippen LogP contribution is 2.33. The fraction of sp³-hybridized carbons (Fsp3) is 0.276. The lowest BCUT2D eigenvalue weighted by Gasteiger charge is -2.30. The molecule has 0 spiro atoms. The Morgan fingerprint density at radius 3 is 2.31 bits per heavy atom. The van der Waals surface area contributed by atoms with E-state index < -0.39 is 5.91 Å². The molecule has 36 heavy (non-hydrogen) atoms. The number of carbonyl (C=O) groups is 2. The molecule has 0 aliphatic carbocycles. The average Bonchev–Trinajstić information content (AvgIpc) is 2.91. The zero-order chi connectivity index (χ0) is 25.5. The van der Waals surface area contributed by atoms with Crippen LogP contribution in [0.25, 0.3) is 5.57 Å². The van der Waals surface area contributed by atoms with Gasteiger partial charge in [-0.15, -0.1) is 0 Å². The summed E-state index contributed by atoms with van der Waals surface area (Å²) in [5.41, 5.74) is 12.1. The normalized spacial score (nSPS) is 13.9. The maximum atomic E-state index is 12.6. The molecule has 186 valence electrons. The molecule has 0 radical (unpaired) electrons. The van der Waals surface area contributed by atoms with E-state index in [-0.39, 0.29) is 19.1 Å². The number of hydrogen-bond acceptors (Lipinski definition) is 5. The van der Waals surface area contributed by atoms with Crippen LogP contribution in [0, 0.1) is 0 Å². The van der Waals surface area contributed by atoms with Gasteiger partial charge < -0.3 is 15.7 Å². The number of piperidine rings is 1. The van der Waals surface area contributed by atoms with Gasteiger partial charge in [0.05, 0.1) is 6.61 Å². The van der Waals surface area contributed by atoms with Gasteiger partial charge in [0.15, 0.2) is 0 Å². The lowest BCUT2D eigenvalue weighted by molar-refractivity contribution is 0.0766. The van der Waals surface area contributed by atoms with Crippen LogP contribution in [0.3, 0.4) is 0 Å². The Hall–Kier alpha value is -3.81. The second-order valence-electron chi connectivity index (χ2n) is 9.09. The standard InChI is InChI=1S/C29H32N4O3/c1-32(16-17-34)29(36)24-9-7-22(8-10-24)27(25-5-2-6-26(18-25)28(30)35)23-11-14-33(15-12-23)20-21-4-3-13-31-19-21/h2-10,13,18-19,34H,11-12,14-17,20H2,1H3,(H2,30,35). The summed E-state index contributed by atoms with van der Waals surface area (Å²) in [4.78, 5) is 32.7. The maximum Gasteiger partial charge on any atom is 0.253 e. The second-order valence-corrected chi connectivity index (χ2v) is 9.09. The second kappa shape index (κ2) is 11.7. The molecule has 0 bridgehead atoms. The smallest absolute Gasteiger partial charge is 0.253 e. The summed E-state index contributed by atoms with van der Waals surface area (Å²) < 4.78 is 0. The van der Waals surface area contributed by atoms with Crippen molar-refractivity contribution in [3.05, 3.63) is 106 Å². The van der Waals surface area contributed by atoms with Gasteiger partial charge in [0.25, 0.3) is 5.91 Å². The molecule has 2 amide bonds. The number of amides is 2. The molecular weight excluding hydrogens is 452 g/mol. The molecule has 7 nitrogen and oxygen atoms in total. The van der Waals surface area contributed by atoms with Gasteiger partial charge in [0.2, 0.25) is 5.91 Å². The molecule has 1 fully saturated rings. The van der Waals surface area contributed by atoms with Crippen LogP contribution in [0.4, 0.5) is 0 Å². The number of hydrogen-bond donors (Lipinski definition) is 2. The molecule has 1 aromatic heterocycles. The first kappa shape index (κ1) is 25.3.